The van der Waals surface area contributed by atoms with Crippen LogP contribution < -0.4 is 0 Å². The number of aryl methyl sites for hydroxylation is 1. The van der Waals surface area contributed by atoms with Crippen LogP contribution in [0.2, 0.25) is 0 Å². The van der Waals surface area contributed by atoms with Gasteiger partial charge in [-0.15, -0.1) is 22.7 Å². The minimum absolute atomic E-state index is 0.0660. The Balaban J connectivity index is 1.36. The van der Waals surface area contributed by atoms with E-state index in [1.807, 2.05) is 47.1 Å². The van der Waals surface area contributed by atoms with Gasteiger partial charge in [-0.3, -0.25) is 4.79 Å². The van der Waals surface area contributed by atoms with Gasteiger partial charge in [0.2, 0.25) is 0 Å². The third-order valence-corrected chi connectivity index (χ3v) is 6.62. The first-order chi connectivity index (χ1) is 12.2. The molecule has 0 aliphatic carbocycles. The molecule has 4 heterocycles. The highest BCUT2D eigenvalue weighted by Crippen LogP contribution is 2.29. The fraction of sp³-hybridized carbons (Fsp3) is 0.389. The summed E-state index contributed by atoms with van der Waals surface area (Å²) in [6.07, 6.45) is 5.95. The molecule has 1 saturated heterocycles. The summed E-state index contributed by atoms with van der Waals surface area (Å²) in [5.41, 5.74) is 0.581. The zero-order valence-electron chi connectivity index (χ0n) is 14.1. The molecule has 0 radical (unpaired) electrons. The van der Waals surface area contributed by atoms with E-state index in [2.05, 4.69) is 14.5 Å². The second-order valence-corrected chi connectivity index (χ2v) is 8.18. The number of imidazole rings is 1. The predicted octanol–water partition coefficient (Wildman–Crippen LogP) is 3.93. The number of carbonyl (C=O) groups excluding carboxylic acids is 1. The molecule has 3 aromatic rings. The van der Waals surface area contributed by atoms with Crippen LogP contribution in [0.5, 0.6) is 0 Å². The van der Waals surface area contributed by atoms with Crippen LogP contribution in [0.15, 0.2) is 35.3 Å². The molecular formula is C18H20N4OS2. The predicted molar refractivity (Wildman–Crippen MR) is 101 cm³/mol. The van der Waals surface area contributed by atoms with Gasteiger partial charge in [-0.1, -0.05) is 6.07 Å². The zero-order chi connectivity index (χ0) is 17.2. The first kappa shape index (κ1) is 16.5. The first-order valence-electron chi connectivity index (χ1n) is 8.47. The van der Waals surface area contributed by atoms with E-state index in [9.17, 15) is 4.79 Å². The summed E-state index contributed by atoms with van der Waals surface area (Å²) in [5, 5.41) is 4.85. The molecule has 0 bridgehead atoms. The Morgan fingerprint density at radius 3 is 2.84 bits per heavy atom. The lowest BCUT2D eigenvalue weighted by molar-refractivity contribution is 0.0677. The highest BCUT2D eigenvalue weighted by atomic mass is 32.1. The number of amides is 1. The number of thiophene rings is 1. The van der Waals surface area contributed by atoms with Crippen molar-refractivity contribution in [1.82, 2.24) is 19.4 Å². The molecule has 0 unspecified atom stereocenters. The highest BCUT2D eigenvalue weighted by Gasteiger charge is 2.25. The van der Waals surface area contributed by atoms with Crippen LogP contribution in [0.25, 0.3) is 9.88 Å². The second-order valence-electron chi connectivity index (χ2n) is 6.38. The Morgan fingerprint density at radius 1 is 1.32 bits per heavy atom. The maximum Gasteiger partial charge on any atom is 0.273 e. The van der Waals surface area contributed by atoms with Crippen molar-refractivity contribution in [1.29, 1.82) is 0 Å². The molecule has 4 rings (SSSR count). The monoisotopic (exact) mass is 372 g/mol. The summed E-state index contributed by atoms with van der Waals surface area (Å²) >= 11 is 3.20. The van der Waals surface area contributed by atoms with E-state index < -0.39 is 0 Å². The van der Waals surface area contributed by atoms with Crippen molar-refractivity contribution in [2.75, 3.05) is 13.1 Å². The zero-order valence-corrected chi connectivity index (χ0v) is 15.7. The second kappa shape index (κ2) is 7.09. The molecule has 25 heavy (non-hydrogen) atoms. The van der Waals surface area contributed by atoms with Crippen molar-refractivity contribution in [2.45, 2.75) is 26.3 Å². The first-order valence-corrected chi connectivity index (χ1v) is 10.2. The molecule has 5 nitrogen and oxygen atoms in total. The fourth-order valence-electron chi connectivity index (χ4n) is 3.24. The molecule has 130 valence electrons. The molecule has 0 saturated carbocycles. The van der Waals surface area contributed by atoms with Gasteiger partial charge in [-0.2, -0.15) is 0 Å². The molecule has 0 aromatic carbocycles. The van der Waals surface area contributed by atoms with E-state index in [4.69, 9.17) is 0 Å². The van der Waals surface area contributed by atoms with Gasteiger partial charge >= 0.3 is 0 Å². The largest absolute Gasteiger partial charge is 0.337 e. The smallest absolute Gasteiger partial charge is 0.273 e. The molecule has 0 N–H and O–H groups in total. The van der Waals surface area contributed by atoms with Crippen LogP contribution in [0.1, 0.15) is 29.2 Å². The van der Waals surface area contributed by atoms with Crippen LogP contribution in [0.3, 0.4) is 0 Å². The lowest BCUT2D eigenvalue weighted by Gasteiger charge is -2.31. The minimum Gasteiger partial charge on any atom is -0.337 e. The number of carbonyl (C=O) groups is 1. The molecule has 0 spiro atoms. The van der Waals surface area contributed by atoms with Crippen LogP contribution >= 0.6 is 22.7 Å². The fourth-order valence-corrected chi connectivity index (χ4v) is 4.85. The Bertz CT molecular complexity index is 844. The van der Waals surface area contributed by atoms with Gasteiger partial charge in [0, 0.05) is 37.4 Å². The Kier molecular flexibility index (Phi) is 4.67. The normalized spacial score (nSPS) is 15.6. The van der Waals surface area contributed by atoms with Crippen LogP contribution in [-0.4, -0.2) is 38.4 Å². The Labute approximate surface area is 155 Å². The summed E-state index contributed by atoms with van der Waals surface area (Å²) in [5.74, 6) is 1.73. The van der Waals surface area contributed by atoms with Gasteiger partial charge < -0.3 is 9.47 Å². The number of piperidine rings is 1. The SMILES string of the molecule is Cc1nccn1CC1CCN(C(=O)c2csc(-c3cccs3)n2)CC1. The molecule has 1 aliphatic rings. The van der Waals surface area contributed by atoms with Crippen molar-refractivity contribution in [3.63, 3.8) is 0 Å². The van der Waals surface area contributed by atoms with E-state index >= 15 is 0 Å². The van der Waals surface area contributed by atoms with E-state index in [1.54, 1.807) is 22.7 Å². The van der Waals surface area contributed by atoms with Gasteiger partial charge in [0.05, 0.1) is 4.88 Å². The average molecular weight is 373 g/mol. The quantitative estimate of drug-likeness (QED) is 0.697. The van der Waals surface area contributed by atoms with Crippen molar-refractivity contribution < 1.29 is 4.79 Å². The number of nitrogens with zero attached hydrogens (tertiary/aromatic N) is 4. The van der Waals surface area contributed by atoms with Gasteiger partial charge in [-0.05, 0) is 37.1 Å². The number of hydrogen-bond acceptors (Lipinski definition) is 5. The minimum atomic E-state index is 0.0660. The molecule has 7 heteroatoms. The van der Waals surface area contributed by atoms with E-state index in [-0.39, 0.29) is 5.91 Å². The van der Waals surface area contributed by atoms with Gasteiger partial charge in [0.25, 0.3) is 5.91 Å². The van der Waals surface area contributed by atoms with Crippen molar-refractivity contribution >= 4 is 28.6 Å². The summed E-state index contributed by atoms with van der Waals surface area (Å²) in [6, 6.07) is 4.05. The number of likely N-dealkylation sites (tertiary alicyclic amines) is 1. The van der Waals surface area contributed by atoms with Crippen LogP contribution in [0.4, 0.5) is 0 Å². The number of aromatic nitrogens is 3. The van der Waals surface area contributed by atoms with E-state index in [0.717, 1.165) is 48.2 Å². The molecule has 1 aliphatic heterocycles. The topological polar surface area (TPSA) is 51.0 Å². The van der Waals surface area contributed by atoms with Crippen molar-refractivity contribution in [3.8, 4) is 9.88 Å². The molecule has 3 aromatic heterocycles. The highest BCUT2D eigenvalue weighted by molar-refractivity contribution is 7.20. The average Bonchev–Trinajstić information content (AvgIpc) is 3.37. The summed E-state index contributed by atoms with van der Waals surface area (Å²) in [4.78, 5) is 24.6. The molecular weight excluding hydrogens is 352 g/mol. The number of hydrogen-bond donors (Lipinski definition) is 0. The maximum absolute atomic E-state index is 12.7. The third-order valence-electron chi connectivity index (χ3n) is 4.74. The summed E-state index contributed by atoms with van der Waals surface area (Å²) in [6.45, 7) is 4.64. The maximum atomic E-state index is 12.7. The number of rotatable bonds is 4. The summed E-state index contributed by atoms with van der Waals surface area (Å²) in [7, 11) is 0. The van der Waals surface area contributed by atoms with Crippen LogP contribution in [0, 0.1) is 12.8 Å². The molecule has 0 atom stereocenters. The van der Waals surface area contributed by atoms with Crippen molar-refractivity contribution in [2.24, 2.45) is 5.92 Å². The van der Waals surface area contributed by atoms with Crippen molar-refractivity contribution in [3.05, 3.63) is 46.8 Å². The summed E-state index contributed by atoms with van der Waals surface area (Å²) < 4.78 is 2.20. The number of thiazole rings is 1. The molecule has 1 fully saturated rings. The van der Waals surface area contributed by atoms with Gasteiger partial charge in [0.15, 0.2) is 0 Å². The Hall–Kier alpha value is -1.99. The van der Waals surface area contributed by atoms with Crippen LogP contribution in [-0.2, 0) is 6.54 Å². The van der Waals surface area contributed by atoms with E-state index in [1.165, 1.54) is 0 Å². The Morgan fingerprint density at radius 2 is 2.16 bits per heavy atom. The molecule has 1 amide bonds. The lowest BCUT2D eigenvalue weighted by Crippen LogP contribution is -2.39. The van der Waals surface area contributed by atoms with E-state index in [0.29, 0.717) is 11.6 Å². The lowest BCUT2D eigenvalue weighted by atomic mass is 9.96. The van der Waals surface area contributed by atoms with Gasteiger partial charge in [0.1, 0.15) is 16.5 Å². The standard InChI is InChI=1S/C18H20N4OS2/c1-13-19-6-9-22(13)11-14-4-7-21(8-5-14)18(23)15-12-25-17(20-15)16-3-2-10-24-16/h2-3,6,9-10,12,14H,4-5,7-8,11H2,1H3. The van der Waals surface area contributed by atoms with Gasteiger partial charge in [-0.25, -0.2) is 9.97 Å². The third kappa shape index (κ3) is 3.52.